The highest BCUT2D eigenvalue weighted by Gasteiger charge is 2.23. The van der Waals surface area contributed by atoms with E-state index >= 15 is 0 Å². The first-order chi connectivity index (χ1) is 32.6. The van der Waals surface area contributed by atoms with E-state index in [2.05, 4.69) is 56.6 Å². The standard InChI is InChI=1S/C24H28N8O3.C24H30N8O/c1-16-17-8-6-7-9-19(17)31(28-16)23-10-11-25-24(27-23)26-18-14-21(32(33)34)20(15-22(18)35-5)30(4)13-12-29(2)3;1-16-17-8-6-7-9-20(17)32(29-16)23-10-11-26-24(28-23)27-19-14-18(25)21(15-22(19)33-5)31(4)13-12-30(2)3/h6-11,14-15H,12-13H2,1-5H3,(H,25,26,27);6-11,14-15H,12-13,25H2,1-5H3,(H,26,27,28). The van der Waals surface area contributed by atoms with Gasteiger partial charge in [0, 0.05) is 93.8 Å². The number of fused-ring (bicyclic) bond motifs is 2. The van der Waals surface area contributed by atoms with Crippen molar-refractivity contribution in [1.29, 1.82) is 0 Å². The molecular weight excluding hydrogens is 865 g/mol. The topological polar surface area (TPSA) is 212 Å². The average molecular weight is 923 g/mol. The number of aromatic nitrogens is 8. The van der Waals surface area contributed by atoms with Gasteiger partial charge in [0.25, 0.3) is 5.69 Å². The summed E-state index contributed by atoms with van der Waals surface area (Å²) in [5.74, 6) is 3.03. The molecule has 20 heteroatoms. The number of hydrogen-bond acceptors (Lipinski definition) is 17. The van der Waals surface area contributed by atoms with Gasteiger partial charge in [-0.2, -0.15) is 20.2 Å². The summed E-state index contributed by atoms with van der Waals surface area (Å²) in [5, 5.41) is 29.6. The number of nitrogens with one attached hydrogen (secondary N) is 2. The minimum absolute atomic E-state index is 0.0422. The Morgan fingerprint density at radius 1 is 0.632 bits per heavy atom. The average Bonchev–Trinajstić information content (AvgIpc) is 3.86. The minimum Gasteiger partial charge on any atom is -0.494 e. The maximum absolute atomic E-state index is 11.9. The molecule has 0 bridgehead atoms. The first kappa shape index (κ1) is 47.9. The third kappa shape index (κ3) is 10.8. The molecule has 0 unspecified atom stereocenters. The highest BCUT2D eigenvalue weighted by Crippen LogP contribution is 2.39. The summed E-state index contributed by atoms with van der Waals surface area (Å²) >= 11 is 0. The number of aryl methyl sites for hydroxylation is 2. The highest BCUT2D eigenvalue weighted by atomic mass is 16.6. The largest absolute Gasteiger partial charge is 0.494 e. The molecule has 4 N–H and O–H groups in total. The van der Waals surface area contributed by atoms with Gasteiger partial charge in [-0.3, -0.25) is 10.1 Å². The van der Waals surface area contributed by atoms with Crippen LogP contribution < -0.4 is 35.6 Å². The third-order valence-electron chi connectivity index (χ3n) is 11.2. The van der Waals surface area contributed by atoms with Crippen molar-refractivity contribution in [2.24, 2.45) is 0 Å². The zero-order chi connectivity index (χ0) is 48.6. The molecule has 0 fully saturated rings. The quantitative estimate of drug-likeness (QED) is 0.0467. The Morgan fingerprint density at radius 2 is 1.07 bits per heavy atom. The number of hydrogen-bond donors (Lipinski definition) is 3. The number of nitro groups is 1. The summed E-state index contributed by atoms with van der Waals surface area (Å²) in [6.07, 6.45) is 3.32. The van der Waals surface area contributed by atoms with Gasteiger partial charge in [0.1, 0.15) is 17.2 Å². The maximum atomic E-state index is 11.9. The molecule has 4 heterocycles. The molecule has 0 radical (unpaired) electrons. The van der Waals surface area contributed by atoms with Gasteiger partial charge in [-0.1, -0.05) is 36.4 Å². The smallest absolute Gasteiger partial charge is 0.294 e. The molecule has 4 aromatic carbocycles. The van der Waals surface area contributed by atoms with Crippen LogP contribution in [-0.4, -0.2) is 137 Å². The zero-order valence-electron chi connectivity index (χ0n) is 40.1. The second kappa shape index (κ2) is 21.0. The van der Waals surface area contributed by atoms with Gasteiger partial charge in [-0.25, -0.2) is 19.3 Å². The fourth-order valence-corrected chi connectivity index (χ4v) is 7.49. The predicted octanol–water partition coefficient (Wildman–Crippen LogP) is 7.24. The molecule has 0 saturated carbocycles. The molecule has 354 valence electrons. The summed E-state index contributed by atoms with van der Waals surface area (Å²) in [6, 6.07) is 26.5. The van der Waals surface area contributed by atoms with Crippen LogP contribution in [0.25, 0.3) is 33.4 Å². The van der Waals surface area contributed by atoms with E-state index in [9.17, 15) is 10.1 Å². The number of benzene rings is 4. The van der Waals surface area contributed by atoms with Crippen LogP contribution in [0.5, 0.6) is 11.5 Å². The SMILES string of the molecule is COc1cc(N(C)CCN(C)C)c(N)cc1Nc1nccc(-n2nc(C)c3ccccc32)n1.COc1cc(N(C)CCN(C)C)c([N+](=O)[O-])cc1Nc1nccc(-n2nc(C)c3ccccc32)n1. The molecule has 8 aromatic rings. The van der Waals surface area contributed by atoms with Gasteiger partial charge in [-0.15, -0.1) is 0 Å². The van der Waals surface area contributed by atoms with Crippen molar-refractivity contribution in [3.63, 3.8) is 0 Å². The molecule has 0 spiro atoms. The number of para-hydroxylation sites is 2. The number of likely N-dealkylation sites (N-methyl/N-ethyl adjacent to an activating group) is 4. The fourth-order valence-electron chi connectivity index (χ4n) is 7.49. The molecule has 0 atom stereocenters. The second-order valence-electron chi connectivity index (χ2n) is 16.6. The van der Waals surface area contributed by atoms with E-state index in [1.54, 1.807) is 36.3 Å². The van der Waals surface area contributed by atoms with Crippen molar-refractivity contribution < 1.29 is 14.4 Å². The first-order valence-electron chi connectivity index (χ1n) is 21.8. The Balaban J connectivity index is 0.000000202. The van der Waals surface area contributed by atoms with Gasteiger partial charge < -0.3 is 45.4 Å². The summed E-state index contributed by atoms with van der Waals surface area (Å²) < 4.78 is 14.8. The van der Waals surface area contributed by atoms with Gasteiger partial charge in [0.05, 0.1) is 64.3 Å². The second-order valence-corrected chi connectivity index (χ2v) is 16.6. The lowest BCUT2D eigenvalue weighted by atomic mass is 10.2. The monoisotopic (exact) mass is 922 g/mol. The summed E-state index contributed by atoms with van der Waals surface area (Å²) in [4.78, 5) is 37.6. The number of ether oxygens (including phenoxy) is 2. The van der Waals surface area contributed by atoms with Gasteiger partial charge in [0.15, 0.2) is 11.6 Å². The fraction of sp³-hybridized carbons (Fsp3) is 0.292. The van der Waals surface area contributed by atoms with E-state index in [1.807, 2.05) is 131 Å². The Bertz CT molecular complexity index is 3040. The Kier molecular flexibility index (Phi) is 14.8. The number of nitrogen functional groups attached to an aromatic ring is 1. The number of methoxy groups -OCH3 is 2. The molecule has 0 saturated heterocycles. The van der Waals surface area contributed by atoms with Gasteiger partial charge >= 0.3 is 0 Å². The van der Waals surface area contributed by atoms with E-state index < -0.39 is 4.92 Å². The van der Waals surface area contributed by atoms with Gasteiger partial charge in [-0.05, 0) is 60.2 Å². The van der Waals surface area contributed by atoms with Crippen LogP contribution in [0.15, 0.2) is 97.3 Å². The van der Waals surface area contributed by atoms with Crippen LogP contribution in [0.3, 0.4) is 0 Å². The van der Waals surface area contributed by atoms with Crippen LogP contribution in [0, 0.1) is 24.0 Å². The number of nitro benzene ring substituents is 1. The van der Waals surface area contributed by atoms with Crippen molar-refractivity contribution in [3.05, 3.63) is 119 Å². The van der Waals surface area contributed by atoms with Crippen LogP contribution >= 0.6 is 0 Å². The molecule has 0 aliphatic rings. The molecule has 68 heavy (non-hydrogen) atoms. The van der Waals surface area contributed by atoms with Crippen LogP contribution in [0.2, 0.25) is 0 Å². The lowest BCUT2D eigenvalue weighted by Gasteiger charge is -2.24. The molecular formula is C48H58N16O4. The lowest BCUT2D eigenvalue weighted by molar-refractivity contribution is -0.384. The molecule has 4 aromatic heterocycles. The van der Waals surface area contributed by atoms with E-state index in [0.717, 1.165) is 58.5 Å². The summed E-state index contributed by atoms with van der Waals surface area (Å²) in [6.45, 7) is 7.06. The Morgan fingerprint density at radius 3 is 1.53 bits per heavy atom. The Labute approximate surface area is 395 Å². The maximum Gasteiger partial charge on any atom is 0.294 e. The summed E-state index contributed by atoms with van der Waals surface area (Å²) in [5.41, 5.74) is 13.2. The zero-order valence-corrected chi connectivity index (χ0v) is 40.1. The predicted molar refractivity (Wildman–Crippen MR) is 270 cm³/mol. The third-order valence-corrected chi connectivity index (χ3v) is 11.2. The summed E-state index contributed by atoms with van der Waals surface area (Å²) in [7, 11) is 15.0. The first-order valence-corrected chi connectivity index (χ1v) is 21.8. The van der Waals surface area contributed by atoms with E-state index in [0.29, 0.717) is 58.4 Å². The number of rotatable bonds is 17. The number of nitrogens with zero attached hydrogens (tertiary/aromatic N) is 13. The molecule has 8 rings (SSSR count). The van der Waals surface area contributed by atoms with Crippen molar-refractivity contribution >= 4 is 67.8 Å². The van der Waals surface area contributed by atoms with Crippen molar-refractivity contribution in [2.75, 3.05) is 109 Å². The van der Waals surface area contributed by atoms with Crippen molar-refractivity contribution in [1.82, 2.24) is 49.3 Å². The van der Waals surface area contributed by atoms with Crippen LogP contribution in [0.1, 0.15) is 11.4 Å². The molecule has 0 aliphatic carbocycles. The number of nitrogens with two attached hydrogens (primary N) is 1. The van der Waals surface area contributed by atoms with Crippen LogP contribution in [-0.2, 0) is 0 Å². The minimum atomic E-state index is -0.401. The van der Waals surface area contributed by atoms with Crippen LogP contribution in [0.4, 0.5) is 46.0 Å². The normalized spacial score (nSPS) is 11.2. The molecule has 0 amide bonds. The van der Waals surface area contributed by atoms with E-state index in [-0.39, 0.29) is 11.6 Å². The number of anilines is 7. The highest BCUT2D eigenvalue weighted by molar-refractivity contribution is 5.84. The Hall–Kier alpha value is -8.10. The molecule has 20 nitrogen and oxygen atoms in total. The van der Waals surface area contributed by atoms with E-state index in [1.165, 1.54) is 13.2 Å². The lowest BCUT2D eigenvalue weighted by Crippen LogP contribution is -2.29. The van der Waals surface area contributed by atoms with Gasteiger partial charge in [0.2, 0.25) is 11.9 Å². The van der Waals surface area contributed by atoms with E-state index in [4.69, 9.17) is 15.2 Å². The van der Waals surface area contributed by atoms with Crippen molar-refractivity contribution in [2.45, 2.75) is 13.8 Å². The molecule has 0 aliphatic heterocycles. The van der Waals surface area contributed by atoms with Crippen molar-refractivity contribution in [3.8, 4) is 23.1 Å².